The SMILES string of the molecule is Cc1cc(Cl)cc2ncsc12. The van der Waals surface area contributed by atoms with Crippen molar-refractivity contribution in [2.24, 2.45) is 0 Å². The number of fused-ring (bicyclic) bond motifs is 1. The Morgan fingerprint density at radius 3 is 3.09 bits per heavy atom. The number of aryl methyl sites for hydroxylation is 1. The molecule has 0 saturated heterocycles. The molecule has 0 N–H and O–H groups in total. The predicted octanol–water partition coefficient (Wildman–Crippen LogP) is 3.26. The first-order valence-corrected chi connectivity index (χ1v) is 4.52. The van der Waals surface area contributed by atoms with Gasteiger partial charge in [-0.15, -0.1) is 11.3 Å². The molecule has 0 fully saturated rings. The van der Waals surface area contributed by atoms with Crippen molar-refractivity contribution >= 4 is 33.2 Å². The van der Waals surface area contributed by atoms with E-state index in [2.05, 4.69) is 4.98 Å². The van der Waals surface area contributed by atoms with Crippen LogP contribution in [-0.4, -0.2) is 4.98 Å². The lowest BCUT2D eigenvalue weighted by molar-refractivity contribution is 1.48. The molecule has 1 heterocycles. The van der Waals surface area contributed by atoms with Gasteiger partial charge in [-0.25, -0.2) is 4.98 Å². The molecule has 11 heavy (non-hydrogen) atoms. The minimum Gasteiger partial charge on any atom is -0.245 e. The molecule has 0 atom stereocenters. The molecule has 0 amide bonds. The Morgan fingerprint density at radius 2 is 2.27 bits per heavy atom. The van der Waals surface area contributed by atoms with Gasteiger partial charge in [0.05, 0.1) is 15.7 Å². The number of benzene rings is 1. The molecule has 0 saturated carbocycles. The third-order valence-electron chi connectivity index (χ3n) is 1.58. The van der Waals surface area contributed by atoms with Gasteiger partial charge in [0.2, 0.25) is 0 Å². The fourth-order valence-electron chi connectivity index (χ4n) is 1.10. The molecule has 0 aliphatic heterocycles. The van der Waals surface area contributed by atoms with Crippen molar-refractivity contribution in [3.63, 3.8) is 0 Å². The smallest absolute Gasteiger partial charge is 0.0829 e. The van der Waals surface area contributed by atoms with Gasteiger partial charge in [-0.1, -0.05) is 11.6 Å². The van der Waals surface area contributed by atoms with E-state index in [-0.39, 0.29) is 0 Å². The Kier molecular flexibility index (Phi) is 1.59. The van der Waals surface area contributed by atoms with E-state index in [9.17, 15) is 0 Å². The van der Waals surface area contributed by atoms with E-state index in [1.165, 1.54) is 10.3 Å². The van der Waals surface area contributed by atoms with E-state index in [1.54, 1.807) is 11.3 Å². The quantitative estimate of drug-likeness (QED) is 0.611. The molecule has 56 valence electrons. The highest BCUT2D eigenvalue weighted by atomic mass is 35.5. The third-order valence-corrected chi connectivity index (χ3v) is 2.78. The van der Waals surface area contributed by atoms with Gasteiger partial charge in [-0.2, -0.15) is 0 Å². The average molecular weight is 184 g/mol. The molecule has 1 aromatic carbocycles. The number of rotatable bonds is 0. The van der Waals surface area contributed by atoms with Crippen molar-refractivity contribution in [1.82, 2.24) is 4.98 Å². The van der Waals surface area contributed by atoms with Crippen molar-refractivity contribution in [3.05, 3.63) is 28.2 Å². The topological polar surface area (TPSA) is 12.9 Å². The van der Waals surface area contributed by atoms with Crippen LogP contribution in [0.1, 0.15) is 5.56 Å². The van der Waals surface area contributed by atoms with Crippen LogP contribution in [0, 0.1) is 6.92 Å². The third kappa shape index (κ3) is 1.12. The Bertz CT molecular complexity index is 394. The van der Waals surface area contributed by atoms with Crippen LogP contribution in [0.3, 0.4) is 0 Å². The summed E-state index contributed by atoms with van der Waals surface area (Å²) in [6, 6.07) is 3.85. The summed E-state index contributed by atoms with van der Waals surface area (Å²) in [6.07, 6.45) is 0. The highest BCUT2D eigenvalue weighted by Gasteiger charge is 2.00. The molecule has 0 spiro atoms. The number of aromatic nitrogens is 1. The first kappa shape index (κ1) is 7.07. The molecule has 2 rings (SSSR count). The maximum Gasteiger partial charge on any atom is 0.0829 e. The number of hydrogen-bond donors (Lipinski definition) is 0. The van der Waals surface area contributed by atoms with Gasteiger partial charge >= 0.3 is 0 Å². The van der Waals surface area contributed by atoms with E-state index in [4.69, 9.17) is 11.6 Å². The maximum atomic E-state index is 5.85. The monoisotopic (exact) mass is 183 g/mol. The fourth-order valence-corrected chi connectivity index (χ4v) is 2.11. The van der Waals surface area contributed by atoms with Gasteiger partial charge < -0.3 is 0 Å². The molecule has 0 aliphatic carbocycles. The van der Waals surface area contributed by atoms with Crippen molar-refractivity contribution in [3.8, 4) is 0 Å². The summed E-state index contributed by atoms with van der Waals surface area (Å²) in [5, 5.41) is 0.765. The minimum absolute atomic E-state index is 0.765. The zero-order valence-corrected chi connectivity index (χ0v) is 7.54. The highest BCUT2D eigenvalue weighted by Crippen LogP contribution is 2.25. The van der Waals surface area contributed by atoms with Crippen molar-refractivity contribution < 1.29 is 0 Å². The van der Waals surface area contributed by atoms with Crippen molar-refractivity contribution in [2.75, 3.05) is 0 Å². The van der Waals surface area contributed by atoms with Gasteiger partial charge in [-0.05, 0) is 24.6 Å². The number of nitrogens with zero attached hydrogens (tertiary/aromatic N) is 1. The average Bonchev–Trinajstić information content (AvgIpc) is 2.34. The second kappa shape index (κ2) is 2.47. The zero-order valence-electron chi connectivity index (χ0n) is 5.97. The summed E-state index contributed by atoms with van der Waals surface area (Å²) in [6.45, 7) is 2.05. The van der Waals surface area contributed by atoms with E-state index >= 15 is 0 Å². The Labute approximate surface area is 73.6 Å². The summed E-state index contributed by atoms with van der Waals surface area (Å²) < 4.78 is 1.23. The highest BCUT2D eigenvalue weighted by molar-refractivity contribution is 7.16. The molecule has 1 aromatic heterocycles. The Hall–Kier alpha value is -0.600. The molecule has 3 heteroatoms. The molecule has 2 aromatic rings. The molecular weight excluding hydrogens is 178 g/mol. The Morgan fingerprint density at radius 1 is 1.45 bits per heavy atom. The predicted molar refractivity (Wildman–Crippen MR) is 49.4 cm³/mol. The van der Waals surface area contributed by atoms with Crippen LogP contribution >= 0.6 is 22.9 Å². The first-order valence-electron chi connectivity index (χ1n) is 3.27. The van der Waals surface area contributed by atoms with Gasteiger partial charge in [0.25, 0.3) is 0 Å². The summed E-state index contributed by atoms with van der Waals surface area (Å²) in [7, 11) is 0. The molecular formula is C8H6ClNS. The first-order chi connectivity index (χ1) is 5.27. The number of thiazole rings is 1. The van der Waals surface area contributed by atoms with Crippen LogP contribution < -0.4 is 0 Å². The second-order valence-electron chi connectivity index (χ2n) is 2.42. The lowest BCUT2D eigenvalue weighted by Crippen LogP contribution is -1.73. The standard InChI is InChI=1S/C8H6ClNS/c1-5-2-6(9)3-7-8(5)11-4-10-7/h2-4H,1H3. The molecule has 0 aliphatic rings. The van der Waals surface area contributed by atoms with Gasteiger partial charge in [0.15, 0.2) is 0 Å². The number of halogens is 1. The van der Waals surface area contributed by atoms with E-state index in [0.717, 1.165) is 10.5 Å². The maximum absolute atomic E-state index is 5.85. The normalized spacial score (nSPS) is 10.7. The van der Waals surface area contributed by atoms with E-state index < -0.39 is 0 Å². The number of hydrogen-bond acceptors (Lipinski definition) is 2. The lowest BCUT2D eigenvalue weighted by atomic mass is 10.2. The van der Waals surface area contributed by atoms with Crippen LogP contribution in [0.4, 0.5) is 0 Å². The van der Waals surface area contributed by atoms with Gasteiger partial charge in [0, 0.05) is 5.02 Å². The molecule has 0 unspecified atom stereocenters. The van der Waals surface area contributed by atoms with E-state index in [0.29, 0.717) is 0 Å². The lowest BCUT2D eigenvalue weighted by Gasteiger charge is -1.94. The van der Waals surface area contributed by atoms with Gasteiger partial charge in [-0.3, -0.25) is 0 Å². The van der Waals surface area contributed by atoms with Gasteiger partial charge in [0.1, 0.15) is 0 Å². The molecule has 0 radical (unpaired) electrons. The molecule has 0 bridgehead atoms. The van der Waals surface area contributed by atoms with Crippen molar-refractivity contribution in [2.45, 2.75) is 6.92 Å². The summed E-state index contributed by atoms with van der Waals surface area (Å²) in [5.74, 6) is 0. The molecule has 1 nitrogen and oxygen atoms in total. The van der Waals surface area contributed by atoms with E-state index in [1.807, 2.05) is 24.6 Å². The van der Waals surface area contributed by atoms with Crippen LogP contribution in [0.25, 0.3) is 10.2 Å². The summed E-state index contributed by atoms with van der Waals surface area (Å²) in [5.41, 5.74) is 4.04. The van der Waals surface area contributed by atoms with Crippen molar-refractivity contribution in [1.29, 1.82) is 0 Å². The largest absolute Gasteiger partial charge is 0.245 e. The van der Waals surface area contributed by atoms with Crippen LogP contribution in [0.2, 0.25) is 5.02 Å². The minimum atomic E-state index is 0.765. The summed E-state index contributed by atoms with van der Waals surface area (Å²) in [4.78, 5) is 4.17. The zero-order chi connectivity index (χ0) is 7.84. The summed E-state index contributed by atoms with van der Waals surface area (Å²) >= 11 is 7.50. The fraction of sp³-hybridized carbons (Fsp3) is 0.125. The van der Waals surface area contributed by atoms with Crippen LogP contribution in [-0.2, 0) is 0 Å². The second-order valence-corrected chi connectivity index (χ2v) is 3.71. The van der Waals surface area contributed by atoms with Crippen LogP contribution in [0.15, 0.2) is 17.6 Å². The van der Waals surface area contributed by atoms with Crippen LogP contribution in [0.5, 0.6) is 0 Å². The Balaban J connectivity index is 2.91.